The van der Waals surface area contributed by atoms with Crippen molar-refractivity contribution in [1.82, 2.24) is 4.90 Å². The fraction of sp³-hybridized carbons (Fsp3) is 0.600. The van der Waals surface area contributed by atoms with Crippen LogP contribution in [0.3, 0.4) is 0 Å². The molecule has 21 heavy (non-hydrogen) atoms. The molecule has 1 aromatic carbocycles. The fourth-order valence-electron chi connectivity index (χ4n) is 2.93. The van der Waals surface area contributed by atoms with Gasteiger partial charge in [-0.15, -0.1) is 0 Å². The van der Waals surface area contributed by atoms with Gasteiger partial charge in [0.15, 0.2) is 0 Å². The number of anilines is 1. The predicted molar refractivity (Wildman–Crippen MR) is 80.8 cm³/mol. The largest absolute Gasteiger partial charge is 0.395 e. The smallest absolute Gasteiger partial charge is 0.271 e. The van der Waals surface area contributed by atoms with E-state index in [0.29, 0.717) is 12.5 Å². The standard InChI is InChI=1S/C15H21N3O3/c19-8-7-16-3-5-17(6-4-16)14-9-13(12-1-2-12)10-15(11-14)18(20)21/h9-12,19H,1-8H2. The van der Waals surface area contributed by atoms with Crippen molar-refractivity contribution in [1.29, 1.82) is 0 Å². The second-order valence-electron chi connectivity index (χ2n) is 5.87. The van der Waals surface area contributed by atoms with Gasteiger partial charge in [0.1, 0.15) is 0 Å². The summed E-state index contributed by atoms with van der Waals surface area (Å²) in [7, 11) is 0. The maximum absolute atomic E-state index is 11.1. The molecule has 0 spiro atoms. The van der Waals surface area contributed by atoms with Crippen LogP contribution in [0.25, 0.3) is 0 Å². The number of aliphatic hydroxyl groups is 1. The van der Waals surface area contributed by atoms with Crippen LogP contribution in [0.1, 0.15) is 24.3 Å². The van der Waals surface area contributed by atoms with Gasteiger partial charge < -0.3 is 10.0 Å². The number of rotatable bonds is 5. The summed E-state index contributed by atoms with van der Waals surface area (Å²) in [6, 6.07) is 5.53. The van der Waals surface area contributed by atoms with Gasteiger partial charge in [0, 0.05) is 50.5 Å². The van der Waals surface area contributed by atoms with Crippen LogP contribution in [0.2, 0.25) is 0 Å². The molecular formula is C15H21N3O3. The molecule has 1 heterocycles. The van der Waals surface area contributed by atoms with Crippen molar-refractivity contribution in [3.05, 3.63) is 33.9 Å². The number of hydrogen-bond acceptors (Lipinski definition) is 5. The molecular weight excluding hydrogens is 270 g/mol. The minimum absolute atomic E-state index is 0.183. The van der Waals surface area contributed by atoms with Gasteiger partial charge in [-0.1, -0.05) is 0 Å². The normalized spacial score (nSPS) is 19.8. The molecule has 1 saturated heterocycles. The molecule has 1 aliphatic heterocycles. The van der Waals surface area contributed by atoms with Crippen LogP contribution < -0.4 is 4.90 Å². The number of nitro benzene ring substituents is 1. The van der Waals surface area contributed by atoms with Gasteiger partial charge in [-0.05, 0) is 30.4 Å². The van der Waals surface area contributed by atoms with Crippen LogP contribution in [0.4, 0.5) is 11.4 Å². The lowest BCUT2D eigenvalue weighted by Crippen LogP contribution is -2.47. The Hall–Kier alpha value is -1.66. The number of piperazine rings is 1. The van der Waals surface area contributed by atoms with Gasteiger partial charge >= 0.3 is 0 Å². The van der Waals surface area contributed by atoms with E-state index in [-0.39, 0.29) is 17.2 Å². The Morgan fingerprint density at radius 3 is 2.48 bits per heavy atom. The Bertz CT molecular complexity index is 523. The van der Waals surface area contributed by atoms with Crippen LogP contribution in [-0.4, -0.2) is 54.3 Å². The highest BCUT2D eigenvalue weighted by Crippen LogP contribution is 2.42. The Balaban J connectivity index is 1.77. The predicted octanol–water partition coefficient (Wildman–Crippen LogP) is 1.59. The molecule has 0 atom stereocenters. The van der Waals surface area contributed by atoms with Crippen LogP contribution in [0.15, 0.2) is 18.2 Å². The van der Waals surface area contributed by atoms with Crippen molar-refractivity contribution >= 4 is 11.4 Å². The zero-order chi connectivity index (χ0) is 14.8. The molecule has 3 rings (SSSR count). The van der Waals surface area contributed by atoms with E-state index in [2.05, 4.69) is 15.9 Å². The van der Waals surface area contributed by atoms with Crippen LogP contribution in [-0.2, 0) is 0 Å². The lowest BCUT2D eigenvalue weighted by Gasteiger charge is -2.35. The second kappa shape index (κ2) is 5.99. The highest BCUT2D eigenvalue weighted by atomic mass is 16.6. The molecule has 0 aromatic heterocycles. The third-order valence-corrected chi connectivity index (χ3v) is 4.34. The summed E-state index contributed by atoms with van der Waals surface area (Å²) in [6.45, 7) is 4.37. The monoisotopic (exact) mass is 291 g/mol. The highest BCUT2D eigenvalue weighted by Gasteiger charge is 2.27. The van der Waals surface area contributed by atoms with E-state index in [1.807, 2.05) is 0 Å². The average molecular weight is 291 g/mol. The summed E-state index contributed by atoms with van der Waals surface area (Å²) in [5.74, 6) is 0.513. The van der Waals surface area contributed by atoms with Crippen LogP contribution in [0.5, 0.6) is 0 Å². The number of hydrogen-bond donors (Lipinski definition) is 1. The first-order valence-corrected chi connectivity index (χ1v) is 7.55. The molecule has 2 aliphatic rings. The summed E-state index contributed by atoms with van der Waals surface area (Å²) < 4.78 is 0. The number of benzene rings is 1. The topological polar surface area (TPSA) is 69.9 Å². The van der Waals surface area contributed by atoms with E-state index in [9.17, 15) is 10.1 Å². The van der Waals surface area contributed by atoms with E-state index in [4.69, 9.17) is 5.11 Å². The molecule has 114 valence electrons. The molecule has 0 bridgehead atoms. The summed E-state index contributed by atoms with van der Waals surface area (Å²) >= 11 is 0. The number of aliphatic hydroxyl groups excluding tert-OH is 1. The molecule has 0 amide bonds. The van der Waals surface area contributed by atoms with Gasteiger partial charge in [-0.2, -0.15) is 0 Å². The maximum atomic E-state index is 11.1. The van der Waals surface area contributed by atoms with Crippen molar-refractivity contribution in [2.75, 3.05) is 44.2 Å². The van der Waals surface area contributed by atoms with Gasteiger partial charge in [-0.3, -0.25) is 15.0 Å². The summed E-state index contributed by atoms with van der Waals surface area (Å²) in [5, 5.41) is 20.1. The van der Waals surface area contributed by atoms with Crippen LogP contribution in [0, 0.1) is 10.1 Å². The second-order valence-corrected chi connectivity index (χ2v) is 5.87. The van der Waals surface area contributed by atoms with Crippen molar-refractivity contribution < 1.29 is 10.0 Å². The van der Waals surface area contributed by atoms with Crippen molar-refractivity contribution in [2.45, 2.75) is 18.8 Å². The molecule has 6 heteroatoms. The van der Waals surface area contributed by atoms with E-state index < -0.39 is 0 Å². The molecule has 6 nitrogen and oxygen atoms in total. The summed E-state index contributed by atoms with van der Waals surface area (Å²) in [4.78, 5) is 15.3. The Morgan fingerprint density at radius 1 is 1.19 bits per heavy atom. The Kier molecular flexibility index (Phi) is 4.07. The van der Waals surface area contributed by atoms with Crippen molar-refractivity contribution in [2.24, 2.45) is 0 Å². The first-order valence-electron chi connectivity index (χ1n) is 7.55. The number of β-amino-alcohol motifs (C(OH)–C–C–N with tert-alkyl or cyclic N) is 1. The van der Waals surface area contributed by atoms with E-state index in [1.165, 1.54) is 0 Å². The van der Waals surface area contributed by atoms with Gasteiger partial charge in [0.2, 0.25) is 0 Å². The third kappa shape index (κ3) is 3.33. The molecule has 1 aromatic rings. The van der Waals surface area contributed by atoms with Gasteiger partial charge in [0.05, 0.1) is 11.5 Å². The molecule has 0 unspecified atom stereocenters. The van der Waals surface area contributed by atoms with E-state index in [1.54, 1.807) is 12.1 Å². The lowest BCUT2D eigenvalue weighted by atomic mass is 10.1. The quantitative estimate of drug-likeness (QED) is 0.659. The lowest BCUT2D eigenvalue weighted by molar-refractivity contribution is -0.384. The third-order valence-electron chi connectivity index (χ3n) is 4.34. The van der Waals surface area contributed by atoms with Crippen LogP contribution >= 0.6 is 0 Å². The zero-order valence-corrected chi connectivity index (χ0v) is 12.1. The highest BCUT2D eigenvalue weighted by molar-refractivity contribution is 5.57. The fourth-order valence-corrected chi connectivity index (χ4v) is 2.93. The van der Waals surface area contributed by atoms with Gasteiger partial charge in [-0.25, -0.2) is 0 Å². The zero-order valence-electron chi connectivity index (χ0n) is 12.1. The number of non-ortho nitro benzene ring substituents is 1. The number of nitro groups is 1. The Morgan fingerprint density at radius 2 is 1.90 bits per heavy atom. The molecule has 1 N–H and O–H groups in total. The summed E-state index contributed by atoms with van der Waals surface area (Å²) in [5.41, 5.74) is 2.28. The first kappa shape index (κ1) is 14.3. The maximum Gasteiger partial charge on any atom is 0.271 e. The molecule has 0 radical (unpaired) electrons. The van der Waals surface area contributed by atoms with Crippen molar-refractivity contribution in [3.8, 4) is 0 Å². The molecule has 1 aliphatic carbocycles. The summed E-state index contributed by atoms with van der Waals surface area (Å²) in [6.07, 6.45) is 2.29. The molecule has 2 fully saturated rings. The minimum Gasteiger partial charge on any atom is -0.395 e. The SMILES string of the molecule is O=[N+]([O-])c1cc(C2CC2)cc(N2CCN(CCO)CC2)c1. The Labute approximate surface area is 124 Å². The first-order chi connectivity index (χ1) is 10.2. The van der Waals surface area contributed by atoms with Gasteiger partial charge in [0.25, 0.3) is 5.69 Å². The minimum atomic E-state index is -0.294. The van der Waals surface area contributed by atoms with Crippen molar-refractivity contribution in [3.63, 3.8) is 0 Å². The average Bonchev–Trinajstić information content (AvgIpc) is 3.32. The number of nitrogens with zero attached hydrogens (tertiary/aromatic N) is 3. The van der Waals surface area contributed by atoms with E-state index in [0.717, 1.165) is 50.3 Å². The molecule has 1 saturated carbocycles. The van der Waals surface area contributed by atoms with E-state index >= 15 is 0 Å².